The third-order valence-corrected chi connectivity index (χ3v) is 2.94. The van der Waals surface area contributed by atoms with Crippen molar-refractivity contribution in [1.29, 1.82) is 0 Å². The Morgan fingerprint density at radius 2 is 2.17 bits per heavy atom. The van der Waals surface area contributed by atoms with Gasteiger partial charge in [-0.15, -0.1) is 0 Å². The number of methoxy groups -OCH3 is 1. The maximum atomic E-state index is 5.77. The molecule has 0 amide bonds. The molecule has 0 spiro atoms. The summed E-state index contributed by atoms with van der Waals surface area (Å²) in [4.78, 5) is 0. The zero-order valence-corrected chi connectivity index (χ0v) is 11.7. The van der Waals surface area contributed by atoms with E-state index in [1.165, 1.54) is 5.56 Å². The predicted octanol–water partition coefficient (Wildman–Crippen LogP) is 2.85. The van der Waals surface area contributed by atoms with Gasteiger partial charge in [-0.2, -0.15) is 0 Å². The minimum Gasteiger partial charge on any atom is -0.493 e. The fraction of sp³-hybridized carbons (Fsp3) is 0.600. The van der Waals surface area contributed by atoms with E-state index in [0.29, 0.717) is 5.92 Å². The van der Waals surface area contributed by atoms with E-state index in [4.69, 9.17) is 9.47 Å². The van der Waals surface area contributed by atoms with Gasteiger partial charge in [-0.05, 0) is 23.6 Å². The van der Waals surface area contributed by atoms with Crippen molar-refractivity contribution in [3.05, 3.63) is 29.8 Å². The zero-order valence-electron chi connectivity index (χ0n) is 11.7. The molecular formula is C15H25NO2. The van der Waals surface area contributed by atoms with Gasteiger partial charge in [0.25, 0.3) is 0 Å². The van der Waals surface area contributed by atoms with E-state index in [1.807, 2.05) is 12.1 Å². The van der Waals surface area contributed by atoms with Gasteiger partial charge in [-0.3, -0.25) is 0 Å². The minimum absolute atomic E-state index is 0.605. The van der Waals surface area contributed by atoms with Crippen molar-refractivity contribution in [3.8, 4) is 5.75 Å². The second kappa shape index (κ2) is 8.95. The van der Waals surface area contributed by atoms with E-state index in [0.717, 1.165) is 38.5 Å². The molecule has 0 aromatic heterocycles. The molecular weight excluding hydrogens is 226 g/mol. The summed E-state index contributed by atoms with van der Waals surface area (Å²) in [5.41, 5.74) is 1.24. The first kappa shape index (κ1) is 15.0. The second-order valence-electron chi connectivity index (χ2n) is 4.64. The number of hydrogen-bond donors (Lipinski definition) is 1. The van der Waals surface area contributed by atoms with Crippen molar-refractivity contribution in [2.45, 2.75) is 26.8 Å². The monoisotopic (exact) mass is 251 g/mol. The number of nitrogens with one attached hydrogen (secondary N) is 1. The van der Waals surface area contributed by atoms with Crippen LogP contribution in [-0.4, -0.2) is 26.9 Å². The Morgan fingerprint density at radius 3 is 2.89 bits per heavy atom. The van der Waals surface area contributed by atoms with Crippen molar-refractivity contribution in [3.63, 3.8) is 0 Å². The Bertz CT molecular complexity index is 328. The summed E-state index contributed by atoms with van der Waals surface area (Å²) >= 11 is 0. The van der Waals surface area contributed by atoms with Crippen LogP contribution in [0.4, 0.5) is 0 Å². The maximum Gasteiger partial charge on any atom is 0.119 e. The Labute approximate surface area is 110 Å². The van der Waals surface area contributed by atoms with Crippen LogP contribution in [0.25, 0.3) is 0 Å². The van der Waals surface area contributed by atoms with Gasteiger partial charge in [0.15, 0.2) is 0 Å². The van der Waals surface area contributed by atoms with Gasteiger partial charge in [0, 0.05) is 20.2 Å². The van der Waals surface area contributed by atoms with E-state index in [-0.39, 0.29) is 0 Å². The molecule has 3 heteroatoms. The average molecular weight is 251 g/mol. The van der Waals surface area contributed by atoms with E-state index in [1.54, 1.807) is 7.11 Å². The number of rotatable bonds is 9. The highest BCUT2D eigenvalue weighted by atomic mass is 16.5. The zero-order chi connectivity index (χ0) is 13.2. The first-order valence-corrected chi connectivity index (χ1v) is 6.67. The van der Waals surface area contributed by atoms with Crippen LogP contribution >= 0.6 is 0 Å². The van der Waals surface area contributed by atoms with Crippen LogP contribution in [0.1, 0.15) is 25.8 Å². The molecule has 1 aromatic rings. The highest BCUT2D eigenvalue weighted by Crippen LogP contribution is 2.14. The molecule has 0 aliphatic rings. The molecule has 0 heterocycles. The molecule has 0 aliphatic carbocycles. The van der Waals surface area contributed by atoms with E-state index in [2.05, 4.69) is 31.3 Å². The summed E-state index contributed by atoms with van der Waals surface area (Å²) in [6.45, 7) is 7.64. The van der Waals surface area contributed by atoms with Gasteiger partial charge in [-0.25, -0.2) is 0 Å². The predicted molar refractivity (Wildman–Crippen MR) is 75.0 cm³/mol. The molecule has 0 fully saturated rings. The molecule has 0 radical (unpaired) electrons. The molecule has 0 saturated carbocycles. The summed E-state index contributed by atoms with van der Waals surface area (Å²) in [6.07, 6.45) is 1.15. The number of ether oxygens (including phenoxy) is 2. The molecule has 1 N–H and O–H groups in total. The molecule has 1 atom stereocenters. The van der Waals surface area contributed by atoms with Gasteiger partial charge in [0.05, 0.1) is 13.2 Å². The lowest BCUT2D eigenvalue weighted by molar-refractivity contribution is 0.199. The van der Waals surface area contributed by atoms with Crippen LogP contribution in [0.2, 0.25) is 0 Å². The van der Waals surface area contributed by atoms with Crippen molar-refractivity contribution in [2.24, 2.45) is 5.92 Å². The lowest BCUT2D eigenvalue weighted by Crippen LogP contribution is -2.18. The van der Waals surface area contributed by atoms with Gasteiger partial charge >= 0.3 is 0 Å². The normalized spacial score (nSPS) is 12.4. The Hall–Kier alpha value is -1.06. The van der Waals surface area contributed by atoms with E-state index >= 15 is 0 Å². The fourth-order valence-corrected chi connectivity index (χ4v) is 1.51. The lowest BCUT2D eigenvalue weighted by Gasteiger charge is -2.12. The Balaban J connectivity index is 2.36. The summed E-state index contributed by atoms with van der Waals surface area (Å²) in [5.74, 6) is 1.56. The van der Waals surface area contributed by atoms with Crippen LogP contribution in [0.5, 0.6) is 5.75 Å². The molecule has 1 unspecified atom stereocenters. The van der Waals surface area contributed by atoms with Crippen molar-refractivity contribution >= 4 is 0 Å². The third kappa shape index (κ3) is 6.03. The van der Waals surface area contributed by atoms with Gasteiger partial charge in [0.2, 0.25) is 0 Å². The number of benzene rings is 1. The molecule has 18 heavy (non-hydrogen) atoms. The highest BCUT2D eigenvalue weighted by molar-refractivity contribution is 5.28. The van der Waals surface area contributed by atoms with Gasteiger partial charge < -0.3 is 14.8 Å². The fourth-order valence-electron chi connectivity index (χ4n) is 1.51. The van der Waals surface area contributed by atoms with Crippen LogP contribution in [0.3, 0.4) is 0 Å². The SMILES string of the molecule is CCC(C)COc1cccc(CNCCOC)c1. The van der Waals surface area contributed by atoms with Crippen LogP contribution in [-0.2, 0) is 11.3 Å². The van der Waals surface area contributed by atoms with Gasteiger partial charge in [-0.1, -0.05) is 32.4 Å². The van der Waals surface area contributed by atoms with Crippen LogP contribution < -0.4 is 10.1 Å². The smallest absolute Gasteiger partial charge is 0.119 e. The molecule has 1 rings (SSSR count). The Morgan fingerprint density at radius 1 is 1.33 bits per heavy atom. The minimum atomic E-state index is 0.605. The van der Waals surface area contributed by atoms with E-state index < -0.39 is 0 Å². The van der Waals surface area contributed by atoms with Crippen molar-refractivity contribution in [2.75, 3.05) is 26.9 Å². The van der Waals surface area contributed by atoms with E-state index in [9.17, 15) is 0 Å². The molecule has 0 aliphatic heterocycles. The summed E-state index contributed by atoms with van der Waals surface area (Å²) in [7, 11) is 1.71. The summed E-state index contributed by atoms with van der Waals surface area (Å²) in [5, 5.41) is 3.33. The topological polar surface area (TPSA) is 30.5 Å². The van der Waals surface area contributed by atoms with Crippen LogP contribution in [0, 0.1) is 5.92 Å². The molecule has 3 nitrogen and oxygen atoms in total. The third-order valence-electron chi connectivity index (χ3n) is 2.94. The maximum absolute atomic E-state index is 5.77. The molecule has 102 valence electrons. The summed E-state index contributed by atoms with van der Waals surface area (Å²) in [6, 6.07) is 8.26. The van der Waals surface area contributed by atoms with Crippen molar-refractivity contribution in [1.82, 2.24) is 5.32 Å². The van der Waals surface area contributed by atoms with Crippen LogP contribution in [0.15, 0.2) is 24.3 Å². The molecule has 0 saturated heterocycles. The first-order chi connectivity index (χ1) is 8.76. The molecule has 1 aromatic carbocycles. The average Bonchev–Trinajstić information content (AvgIpc) is 2.41. The Kier molecular flexibility index (Phi) is 7.46. The van der Waals surface area contributed by atoms with Crippen molar-refractivity contribution < 1.29 is 9.47 Å². The number of hydrogen-bond acceptors (Lipinski definition) is 3. The highest BCUT2D eigenvalue weighted by Gasteiger charge is 2.01. The first-order valence-electron chi connectivity index (χ1n) is 6.67. The standard InChI is InChI=1S/C15H25NO2/c1-4-13(2)12-18-15-7-5-6-14(10-15)11-16-8-9-17-3/h5-7,10,13,16H,4,8-9,11-12H2,1-3H3. The second-order valence-corrected chi connectivity index (χ2v) is 4.64. The molecule has 0 bridgehead atoms. The summed E-state index contributed by atoms with van der Waals surface area (Å²) < 4.78 is 10.8. The largest absolute Gasteiger partial charge is 0.493 e. The van der Waals surface area contributed by atoms with Gasteiger partial charge in [0.1, 0.15) is 5.75 Å². The quantitative estimate of drug-likeness (QED) is 0.685. The lowest BCUT2D eigenvalue weighted by atomic mass is 10.1.